The molecule has 0 unspecified atom stereocenters. The van der Waals surface area contributed by atoms with Gasteiger partial charge in [-0.05, 0) is 43.2 Å². The normalized spacial score (nSPS) is 14.9. The minimum absolute atomic E-state index is 0.0280. The first-order chi connectivity index (χ1) is 15.8. The Morgan fingerprint density at radius 3 is 2.55 bits per heavy atom. The molecule has 0 spiro atoms. The number of carbonyl (C=O) groups is 3. The van der Waals surface area contributed by atoms with Crippen molar-refractivity contribution in [1.29, 1.82) is 0 Å². The monoisotopic (exact) mass is 453 g/mol. The zero-order chi connectivity index (χ0) is 24.0. The van der Waals surface area contributed by atoms with Gasteiger partial charge in [0.15, 0.2) is 11.5 Å². The van der Waals surface area contributed by atoms with Crippen molar-refractivity contribution in [3.63, 3.8) is 0 Å². The summed E-state index contributed by atoms with van der Waals surface area (Å²) >= 11 is 0. The van der Waals surface area contributed by atoms with Crippen molar-refractivity contribution < 1.29 is 28.8 Å². The first kappa shape index (κ1) is 23.5. The van der Waals surface area contributed by atoms with Gasteiger partial charge in [0, 0.05) is 12.1 Å². The van der Waals surface area contributed by atoms with E-state index in [4.69, 9.17) is 9.47 Å². The number of hydrogen-bond acceptors (Lipinski definition) is 7. The second-order valence-electron chi connectivity index (χ2n) is 7.08. The van der Waals surface area contributed by atoms with Gasteiger partial charge >= 0.3 is 6.03 Å². The highest BCUT2D eigenvalue weighted by Gasteiger charge is 2.37. The molecule has 1 aliphatic rings. The summed E-state index contributed by atoms with van der Waals surface area (Å²) in [6.45, 7) is 4.79. The minimum Gasteiger partial charge on any atom is -0.490 e. The molecule has 1 saturated heterocycles. The van der Waals surface area contributed by atoms with E-state index in [0.29, 0.717) is 35.2 Å². The molecule has 1 aliphatic heterocycles. The summed E-state index contributed by atoms with van der Waals surface area (Å²) in [5, 5.41) is 13.2. The quantitative estimate of drug-likeness (QED) is 0.201. The maximum atomic E-state index is 13.0. The van der Waals surface area contributed by atoms with Gasteiger partial charge in [-0.25, -0.2) is 9.69 Å². The number of urea groups is 1. The lowest BCUT2D eigenvalue weighted by Crippen LogP contribution is -2.54. The van der Waals surface area contributed by atoms with E-state index < -0.39 is 22.8 Å². The van der Waals surface area contributed by atoms with E-state index >= 15 is 0 Å². The Labute approximate surface area is 189 Å². The van der Waals surface area contributed by atoms with Gasteiger partial charge in [-0.1, -0.05) is 25.5 Å². The molecule has 1 N–H and O–H groups in total. The molecular formula is C23H23N3O7. The van der Waals surface area contributed by atoms with Crippen molar-refractivity contribution in [2.45, 2.75) is 26.7 Å². The maximum Gasteiger partial charge on any atom is 0.335 e. The van der Waals surface area contributed by atoms with Crippen molar-refractivity contribution in [1.82, 2.24) is 5.32 Å². The SMILES string of the molecule is CCCCOc1ccc(/C=C2/C(=O)NC(=O)N(c3cccc([N+](=O)[O-])c3)C2=O)cc1OCC. The molecular weight excluding hydrogens is 430 g/mol. The fraction of sp³-hybridized carbons (Fsp3) is 0.261. The number of nitro groups is 1. The fourth-order valence-corrected chi connectivity index (χ4v) is 3.13. The van der Waals surface area contributed by atoms with Gasteiger partial charge in [0.2, 0.25) is 0 Å². The molecule has 0 bridgehead atoms. The molecule has 0 aromatic heterocycles. The molecule has 0 radical (unpaired) electrons. The lowest BCUT2D eigenvalue weighted by molar-refractivity contribution is -0.384. The molecule has 10 nitrogen and oxygen atoms in total. The number of unbranched alkanes of at least 4 members (excludes halogenated alkanes) is 1. The molecule has 33 heavy (non-hydrogen) atoms. The summed E-state index contributed by atoms with van der Waals surface area (Å²) in [7, 11) is 0. The fourth-order valence-electron chi connectivity index (χ4n) is 3.13. The number of nitro benzene ring substituents is 1. The molecule has 0 atom stereocenters. The van der Waals surface area contributed by atoms with Crippen LogP contribution in [0, 0.1) is 10.1 Å². The molecule has 2 aromatic carbocycles. The number of imide groups is 2. The van der Waals surface area contributed by atoms with E-state index in [1.165, 1.54) is 24.3 Å². The average molecular weight is 453 g/mol. The number of rotatable bonds is 9. The number of barbiturate groups is 1. The van der Waals surface area contributed by atoms with E-state index in [1.54, 1.807) is 18.2 Å². The van der Waals surface area contributed by atoms with E-state index in [1.807, 2.05) is 6.92 Å². The number of hydrogen-bond donors (Lipinski definition) is 1. The van der Waals surface area contributed by atoms with E-state index in [0.717, 1.165) is 18.9 Å². The molecule has 10 heteroatoms. The summed E-state index contributed by atoms with van der Waals surface area (Å²) in [6.07, 6.45) is 3.19. The summed E-state index contributed by atoms with van der Waals surface area (Å²) in [6, 6.07) is 9.02. The molecule has 1 heterocycles. The van der Waals surface area contributed by atoms with Crippen LogP contribution in [0.2, 0.25) is 0 Å². The summed E-state index contributed by atoms with van der Waals surface area (Å²) < 4.78 is 11.4. The zero-order valence-corrected chi connectivity index (χ0v) is 18.2. The van der Waals surface area contributed by atoms with Crippen molar-refractivity contribution in [2.24, 2.45) is 0 Å². The highest BCUT2D eigenvalue weighted by Crippen LogP contribution is 2.31. The summed E-state index contributed by atoms with van der Waals surface area (Å²) in [5.41, 5.74) is -0.147. The van der Waals surface area contributed by atoms with E-state index in [-0.39, 0.29) is 16.9 Å². The number of carbonyl (C=O) groups excluding carboxylic acids is 3. The lowest BCUT2D eigenvalue weighted by Gasteiger charge is -2.26. The van der Waals surface area contributed by atoms with Crippen LogP contribution in [0.3, 0.4) is 0 Å². The third-order valence-corrected chi connectivity index (χ3v) is 4.73. The molecule has 2 aromatic rings. The largest absolute Gasteiger partial charge is 0.490 e. The predicted molar refractivity (Wildman–Crippen MR) is 120 cm³/mol. The van der Waals surface area contributed by atoms with Crippen LogP contribution in [0.1, 0.15) is 32.3 Å². The standard InChI is InChI=1S/C23H23N3O7/c1-3-5-11-33-19-10-9-15(13-20(19)32-4-2)12-18-21(27)24-23(29)25(22(18)28)16-7-6-8-17(14-16)26(30)31/h6-10,12-14H,3-5,11H2,1-2H3,(H,24,27,29)/b18-12-. The Bertz CT molecular complexity index is 1130. The van der Waals surface area contributed by atoms with Gasteiger partial charge in [0.1, 0.15) is 5.57 Å². The number of ether oxygens (including phenoxy) is 2. The van der Waals surface area contributed by atoms with Crippen LogP contribution in [-0.2, 0) is 9.59 Å². The molecule has 1 fully saturated rings. The van der Waals surface area contributed by atoms with E-state index in [2.05, 4.69) is 12.2 Å². The molecule has 0 aliphatic carbocycles. The van der Waals surface area contributed by atoms with E-state index in [9.17, 15) is 24.5 Å². The van der Waals surface area contributed by atoms with Gasteiger partial charge in [-0.2, -0.15) is 0 Å². The van der Waals surface area contributed by atoms with Gasteiger partial charge in [-0.15, -0.1) is 0 Å². The van der Waals surface area contributed by atoms with Crippen molar-refractivity contribution in [3.8, 4) is 11.5 Å². The topological polar surface area (TPSA) is 128 Å². The van der Waals surface area contributed by atoms with Crippen LogP contribution in [-0.4, -0.2) is 36.0 Å². The van der Waals surface area contributed by atoms with Crippen LogP contribution in [0.5, 0.6) is 11.5 Å². The van der Waals surface area contributed by atoms with Gasteiger partial charge in [0.25, 0.3) is 17.5 Å². The number of anilines is 1. The van der Waals surface area contributed by atoms with Crippen LogP contribution in [0.4, 0.5) is 16.2 Å². The van der Waals surface area contributed by atoms with Gasteiger partial charge in [-0.3, -0.25) is 25.0 Å². The Hall–Kier alpha value is -4.21. The smallest absolute Gasteiger partial charge is 0.335 e. The van der Waals surface area contributed by atoms with Crippen molar-refractivity contribution in [2.75, 3.05) is 18.1 Å². The Balaban J connectivity index is 1.95. The second-order valence-corrected chi connectivity index (χ2v) is 7.08. The molecule has 172 valence electrons. The average Bonchev–Trinajstić information content (AvgIpc) is 2.78. The molecule has 4 amide bonds. The highest BCUT2D eigenvalue weighted by atomic mass is 16.6. The Kier molecular flexibility index (Phi) is 7.39. The van der Waals surface area contributed by atoms with Crippen LogP contribution in [0.25, 0.3) is 6.08 Å². The van der Waals surface area contributed by atoms with Gasteiger partial charge in [0.05, 0.1) is 23.8 Å². The van der Waals surface area contributed by atoms with Crippen LogP contribution in [0.15, 0.2) is 48.0 Å². The van der Waals surface area contributed by atoms with Crippen LogP contribution >= 0.6 is 0 Å². The number of nitrogens with one attached hydrogen (secondary N) is 1. The first-order valence-corrected chi connectivity index (χ1v) is 10.4. The van der Waals surface area contributed by atoms with Crippen LogP contribution < -0.4 is 19.7 Å². The second kappa shape index (κ2) is 10.4. The van der Waals surface area contributed by atoms with Crippen molar-refractivity contribution >= 4 is 35.3 Å². The predicted octanol–water partition coefficient (Wildman–Crippen LogP) is 3.84. The third kappa shape index (κ3) is 5.35. The first-order valence-electron chi connectivity index (χ1n) is 10.4. The van der Waals surface area contributed by atoms with Gasteiger partial charge < -0.3 is 9.47 Å². The summed E-state index contributed by atoms with van der Waals surface area (Å²) in [4.78, 5) is 48.9. The molecule has 0 saturated carbocycles. The molecule has 3 rings (SSSR count). The van der Waals surface area contributed by atoms with Crippen molar-refractivity contribution in [3.05, 3.63) is 63.7 Å². The lowest BCUT2D eigenvalue weighted by atomic mass is 10.1. The number of nitrogens with zero attached hydrogens (tertiary/aromatic N) is 2. The number of non-ortho nitro benzene ring substituents is 1. The highest BCUT2D eigenvalue weighted by molar-refractivity contribution is 6.39. The zero-order valence-electron chi connectivity index (χ0n) is 18.2. The minimum atomic E-state index is -0.989. The maximum absolute atomic E-state index is 13.0. The third-order valence-electron chi connectivity index (χ3n) is 4.73. The number of benzene rings is 2. The Morgan fingerprint density at radius 1 is 1.06 bits per heavy atom. The Morgan fingerprint density at radius 2 is 1.85 bits per heavy atom. The summed E-state index contributed by atoms with van der Waals surface area (Å²) in [5.74, 6) is -0.767. The number of amides is 4.